The third-order valence-electron chi connectivity index (χ3n) is 1.28. The molecular formula is C9H11Cl2Ru-. The first-order valence-corrected chi connectivity index (χ1v) is 7.90. The Labute approximate surface area is 90.0 Å². The summed E-state index contributed by atoms with van der Waals surface area (Å²) in [4.78, 5) is 0. The van der Waals surface area contributed by atoms with Gasteiger partial charge in [-0.2, -0.15) is 34.9 Å². The van der Waals surface area contributed by atoms with E-state index < -0.39 is 0 Å². The molecule has 1 rings (SSSR count). The van der Waals surface area contributed by atoms with E-state index >= 15 is 0 Å². The molecule has 12 heavy (non-hydrogen) atoms. The van der Waals surface area contributed by atoms with E-state index in [0.29, 0.717) is 0 Å². The first-order chi connectivity index (χ1) is 5.60. The molecule has 0 atom stereocenters. The molecule has 0 nitrogen and oxygen atoms in total. The van der Waals surface area contributed by atoms with Gasteiger partial charge in [-0.25, -0.2) is 0 Å². The average Bonchev–Trinajstić information content (AvgIpc) is 1.84. The van der Waals surface area contributed by atoms with Crippen LogP contribution in [0, 0.1) is 26.8 Å². The van der Waals surface area contributed by atoms with Crippen molar-refractivity contribution in [2.45, 2.75) is 20.8 Å². The zero-order valence-corrected chi connectivity index (χ0v) is 10.5. The molecule has 0 radical (unpaired) electrons. The Bertz CT molecular complexity index is 185. The molecule has 0 bridgehead atoms. The Hall–Kier alpha value is 0.423. The minimum atomic E-state index is -0.346. The monoisotopic (exact) mass is 291 g/mol. The summed E-state index contributed by atoms with van der Waals surface area (Å²) in [6.07, 6.45) is 0. The van der Waals surface area contributed by atoms with Gasteiger partial charge in [0.1, 0.15) is 0 Å². The van der Waals surface area contributed by atoms with E-state index in [2.05, 4.69) is 39.0 Å². The minimum absolute atomic E-state index is 0.346. The molecule has 0 saturated heterocycles. The quantitative estimate of drug-likeness (QED) is 0.504. The number of halogens is 2. The predicted molar refractivity (Wildman–Crippen MR) is 51.2 cm³/mol. The summed E-state index contributed by atoms with van der Waals surface area (Å²) in [7, 11) is 9.71. The number of hydrogen-bond donors (Lipinski definition) is 0. The van der Waals surface area contributed by atoms with Gasteiger partial charge in [0.05, 0.1) is 0 Å². The zero-order valence-electron chi connectivity index (χ0n) is 7.26. The summed E-state index contributed by atoms with van der Waals surface area (Å²) in [6, 6.07) is 7.47. The molecule has 1 aromatic carbocycles. The van der Waals surface area contributed by atoms with Crippen LogP contribution < -0.4 is 0 Å². The van der Waals surface area contributed by atoms with Gasteiger partial charge in [-0.05, 0) is 0 Å². The molecular weight excluding hydrogens is 280 g/mol. The van der Waals surface area contributed by atoms with Crippen molar-refractivity contribution in [3.63, 3.8) is 0 Å². The van der Waals surface area contributed by atoms with Crippen LogP contribution >= 0.6 is 19.4 Å². The van der Waals surface area contributed by atoms with Crippen LogP contribution in [0.25, 0.3) is 0 Å². The summed E-state index contributed by atoms with van der Waals surface area (Å²) < 4.78 is 0. The second-order valence-electron chi connectivity index (χ2n) is 2.57. The molecule has 1 aromatic rings. The van der Waals surface area contributed by atoms with Crippen molar-refractivity contribution in [3.05, 3.63) is 34.9 Å². The summed E-state index contributed by atoms with van der Waals surface area (Å²) in [5.41, 5.74) is 3.78. The Morgan fingerprint density at radius 3 is 1.67 bits per heavy atom. The molecule has 0 aliphatic heterocycles. The Morgan fingerprint density at radius 2 is 1.42 bits per heavy atom. The molecule has 0 aromatic heterocycles. The predicted octanol–water partition coefficient (Wildman–Crippen LogP) is 3.79. The second-order valence-corrected chi connectivity index (χ2v) is 5.21. The summed E-state index contributed by atoms with van der Waals surface area (Å²) in [5, 5.41) is 0. The van der Waals surface area contributed by atoms with Gasteiger partial charge in [-0.15, -0.1) is 0 Å². The van der Waals surface area contributed by atoms with E-state index in [-0.39, 0.29) is 15.1 Å². The number of rotatable bonds is 0. The van der Waals surface area contributed by atoms with Crippen LogP contribution in [0.3, 0.4) is 0 Å². The summed E-state index contributed by atoms with van der Waals surface area (Å²) in [5.74, 6) is 0. The molecule has 0 heterocycles. The van der Waals surface area contributed by atoms with Crippen molar-refractivity contribution in [1.29, 1.82) is 0 Å². The Morgan fingerprint density at radius 1 is 1.08 bits per heavy atom. The molecule has 0 unspecified atom stereocenters. The van der Waals surface area contributed by atoms with Gasteiger partial charge in [0, 0.05) is 0 Å². The number of benzene rings is 1. The first kappa shape index (κ1) is 12.4. The fourth-order valence-corrected chi connectivity index (χ4v) is 1.11. The molecule has 3 heteroatoms. The topological polar surface area (TPSA) is 0 Å². The van der Waals surface area contributed by atoms with Crippen molar-refractivity contribution in [1.82, 2.24) is 0 Å². The maximum atomic E-state index is 4.85. The van der Waals surface area contributed by atoms with Crippen LogP contribution in [-0.4, -0.2) is 0 Å². The number of aryl methyl sites for hydroxylation is 3. The van der Waals surface area contributed by atoms with Crippen LogP contribution in [0.2, 0.25) is 0 Å². The molecule has 0 spiro atoms. The fourth-order valence-electron chi connectivity index (χ4n) is 1.11. The maximum absolute atomic E-state index is 4.85. The van der Waals surface area contributed by atoms with Crippen molar-refractivity contribution >= 4 is 19.4 Å². The van der Waals surface area contributed by atoms with Crippen molar-refractivity contribution in [2.75, 3.05) is 0 Å². The van der Waals surface area contributed by atoms with Crippen LogP contribution in [-0.2, 0) is 15.1 Å². The van der Waals surface area contributed by atoms with E-state index in [1.165, 1.54) is 16.7 Å². The molecule has 0 aliphatic rings. The SMILES string of the molecule is Cc1[c-]c(C)cc(C)c1.[Cl][Ru][Cl]. The van der Waals surface area contributed by atoms with E-state index in [1.54, 1.807) is 0 Å². The molecule has 0 saturated carbocycles. The third kappa shape index (κ3) is 6.00. The van der Waals surface area contributed by atoms with E-state index in [0.717, 1.165) is 0 Å². The Balaban J connectivity index is 0.000000354. The average molecular weight is 291 g/mol. The van der Waals surface area contributed by atoms with Crippen LogP contribution in [0.15, 0.2) is 12.1 Å². The van der Waals surface area contributed by atoms with Gasteiger partial charge in [0.25, 0.3) is 0 Å². The van der Waals surface area contributed by atoms with E-state index in [9.17, 15) is 0 Å². The molecule has 0 fully saturated rings. The summed E-state index contributed by atoms with van der Waals surface area (Å²) in [6.45, 7) is 6.24. The van der Waals surface area contributed by atoms with E-state index in [4.69, 9.17) is 19.4 Å². The van der Waals surface area contributed by atoms with Gasteiger partial charge >= 0.3 is 34.5 Å². The Kier molecular flexibility index (Phi) is 7.13. The number of hydrogen-bond acceptors (Lipinski definition) is 0. The van der Waals surface area contributed by atoms with E-state index in [1.807, 2.05) is 0 Å². The zero-order chi connectivity index (χ0) is 9.56. The first-order valence-electron chi connectivity index (χ1n) is 3.42. The third-order valence-corrected chi connectivity index (χ3v) is 1.28. The normalized spacial score (nSPS) is 9.08. The molecule has 70 valence electrons. The molecule has 0 aliphatic carbocycles. The van der Waals surface area contributed by atoms with Crippen LogP contribution in [0.4, 0.5) is 0 Å². The van der Waals surface area contributed by atoms with Crippen LogP contribution in [0.5, 0.6) is 0 Å². The summed E-state index contributed by atoms with van der Waals surface area (Å²) >= 11 is -0.346. The van der Waals surface area contributed by atoms with Gasteiger partial charge in [0.2, 0.25) is 0 Å². The standard InChI is InChI=1S/C9H11.2ClH.Ru/c1-7-4-8(2)6-9(3)5-7;;;/h4-5H,1-3H3;2*1H;/q-1;;;+2/p-2. The van der Waals surface area contributed by atoms with Gasteiger partial charge in [-0.3, -0.25) is 0 Å². The fraction of sp³-hybridized carbons (Fsp3) is 0.333. The van der Waals surface area contributed by atoms with Gasteiger partial charge < -0.3 is 0 Å². The van der Waals surface area contributed by atoms with Gasteiger partial charge in [0.15, 0.2) is 0 Å². The van der Waals surface area contributed by atoms with Crippen molar-refractivity contribution in [2.24, 2.45) is 0 Å². The van der Waals surface area contributed by atoms with Crippen LogP contribution in [0.1, 0.15) is 16.7 Å². The van der Waals surface area contributed by atoms with Crippen molar-refractivity contribution in [3.8, 4) is 0 Å². The molecule has 0 amide bonds. The van der Waals surface area contributed by atoms with Gasteiger partial charge in [-0.1, -0.05) is 20.8 Å². The van der Waals surface area contributed by atoms with Crippen molar-refractivity contribution < 1.29 is 15.1 Å². The molecule has 0 N–H and O–H groups in total. The second kappa shape index (κ2) is 6.89.